The normalized spacial score (nSPS) is 16.9. The van der Waals surface area contributed by atoms with Gasteiger partial charge in [-0.2, -0.15) is 30.9 Å². The minimum Gasteiger partial charge on any atom is -0.350 e. The maximum Gasteiger partial charge on any atom is 0.417 e. The summed E-state index contributed by atoms with van der Waals surface area (Å²) in [6.07, 6.45) is -7.64. The number of halogens is 6. The largest absolute Gasteiger partial charge is 0.417 e. The molecule has 0 radical (unpaired) electrons. The summed E-state index contributed by atoms with van der Waals surface area (Å²) >= 11 is 0. The Labute approximate surface area is 211 Å². The zero-order valence-corrected chi connectivity index (χ0v) is 19.9. The van der Waals surface area contributed by atoms with Gasteiger partial charge in [-0.15, -0.1) is 5.10 Å². The number of carbonyl (C=O) groups is 1. The fourth-order valence-electron chi connectivity index (χ4n) is 4.61. The molecular weight excluding hydrogens is 520 g/mol. The van der Waals surface area contributed by atoms with E-state index in [0.29, 0.717) is 35.6 Å². The molecule has 1 N–H and O–H groups in total. The van der Waals surface area contributed by atoms with Crippen LogP contribution in [0.25, 0.3) is 5.65 Å². The number of aryl methyl sites for hydroxylation is 1. The van der Waals surface area contributed by atoms with Gasteiger partial charge in [0.1, 0.15) is 5.69 Å². The van der Waals surface area contributed by atoms with Crippen LogP contribution in [0.5, 0.6) is 0 Å². The molecule has 5 heterocycles. The van der Waals surface area contributed by atoms with Gasteiger partial charge in [-0.1, -0.05) is 0 Å². The zero-order chi connectivity index (χ0) is 27.4. The first-order valence-electron chi connectivity index (χ1n) is 11.6. The van der Waals surface area contributed by atoms with Crippen LogP contribution in [0.4, 0.5) is 32.2 Å². The fourth-order valence-corrected chi connectivity index (χ4v) is 4.61. The molecule has 0 aliphatic carbocycles. The van der Waals surface area contributed by atoms with Gasteiger partial charge in [-0.05, 0) is 30.2 Å². The van der Waals surface area contributed by atoms with Crippen LogP contribution >= 0.6 is 0 Å². The third-order valence-corrected chi connectivity index (χ3v) is 6.41. The van der Waals surface area contributed by atoms with Gasteiger partial charge in [-0.25, -0.2) is 4.98 Å². The Balaban J connectivity index is 1.34. The summed E-state index contributed by atoms with van der Waals surface area (Å²) in [6.45, 7) is 1.22. The second kappa shape index (κ2) is 9.22. The number of pyridine rings is 1. The zero-order valence-electron chi connectivity index (χ0n) is 19.9. The summed E-state index contributed by atoms with van der Waals surface area (Å²) in [5.41, 5.74) is -0.0652. The summed E-state index contributed by atoms with van der Waals surface area (Å²) < 4.78 is 77.8. The van der Waals surface area contributed by atoms with Crippen molar-refractivity contribution >= 4 is 17.4 Å². The molecule has 1 amide bonds. The first-order valence-corrected chi connectivity index (χ1v) is 11.6. The number of fused-ring (bicyclic) bond motifs is 2. The molecular formula is C23H21F6N7O2. The van der Waals surface area contributed by atoms with E-state index < -0.39 is 42.0 Å². The topological polar surface area (TPSA) is 95.7 Å². The van der Waals surface area contributed by atoms with Crippen LogP contribution in [-0.4, -0.2) is 68.8 Å². The van der Waals surface area contributed by atoms with E-state index >= 15 is 0 Å². The quantitative estimate of drug-likeness (QED) is 0.507. The van der Waals surface area contributed by atoms with E-state index in [1.807, 2.05) is 0 Å². The van der Waals surface area contributed by atoms with Crippen molar-refractivity contribution in [3.63, 3.8) is 0 Å². The van der Waals surface area contributed by atoms with E-state index in [4.69, 9.17) is 0 Å². The predicted octanol–water partition coefficient (Wildman–Crippen LogP) is 2.35. The van der Waals surface area contributed by atoms with Crippen LogP contribution in [0.3, 0.4) is 0 Å². The van der Waals surface area contributed by atoms with Gasteiger partial charge in [0, 0.05) is 50.6 Å². The molecule has 0 aromatic carbocycles. The molecule has 202 valence electrons. The summed E-state index contributed by atoms with van der Waals surface area (Å²) in [7, 11) is 0. The van der Waals surface area contributed by atoms with E-state index in [1.54, 1.807) is 11.8 Å². The van der Waals surface area contributed by atoms with Gasteiger partial charge >= 0.3 is 12.4 Å². The molecule has 2 aliphatic heterocycles. The summed E-state index contributed by atoms with van der Waals surface area (Å²) in [5, 5.41) is 6.92. The Morgan fingerprint density at radius 2 is 1.87 bits per heavy atom. The first kappa shape index (κ1) is 25.9. The van der Waals surface area contributed by atoms with Crippen molar-refractivity contribution in [1.82, 2.24) is 29.8 Å². The standard InChI is InChI=1S/C23H21F6N7O2/c1-12-4-18-32-17(21(38)31-15-9-34(10-15)11-22(24,25)26)6-19(37)36(18)33-20(12)35-3-2-16-13(8-35)5-14(7-30-16)23(27,28)29/h4-7,15H,2-3,8-11H2,1H3,(H,31,38). The third-order valence-electron chi connectivity index (χ3n) is 6.41. The van der Waals surface area contributed by atoms with Crippen molar-refractivity contribution in [2.45, 2.75) is 38.3 Å². The van der Waals surface area contributed by atoms with E-state index in [0.717, 1.165) is 27.7 Å². The highest BCUT2D eigenvalue weighted by atomic mass is 19.4. The number of alkyl halides is 6. The van der Waals surface area contributed by atoms with Crippen LogP contribution in [0.15, 0.2) is 29.2 Å². The number of nitrogens with zero attached hydrogens (tertiary/aromatic N) is 6. The molecule has 1 fully saturated rings. The average molecular weight is 541 g/mol. The summed E-state index contributed by atoms with van der Waals surface area (Å²) in [5.74, 6) is -0.315. The van der Waals surface area contributed by atoms with Gasteiger partial charge in [0.2, 0.25) is 0 Å². The number of nitrogens with one attached hydrogen (secondary N) is 1. The molecule has 38 heavy (non-hydrogen) atoms. The van der Waals surface area contributed by atoms with Crippen LogP contribution in [0.2, 0.25) is 0 Å². The molecule has 0 bridgehead atoms. The van der Waals surface area contributed by atoms with Gasteiger partial charge in [0.25, 0.3) is 11.5 Å². The minimum atomic E-state index is -4.52. The van der Waals surface area contributed by atoms with Crippen LogP contribution in [-0.2, 0) is 19.1 Å². The lowest BCUT2D eigenvalue weighted by molar-refractivity contribution is -0.155. The Hall–Kier alpha value is -3.75. The SMILES string of the molecule is Cc1cc2nc(C(=O)NC3CN(CC(F)(F)F)C3)cc(=O)n2nc1N1CCc2ncc(C(F)(F)F)cc2C1. The highest BCUT2D eigenvalue weighted by Gasteiger charge is 2.38. The third kappa shape index (κ3) is 5.28. The van der Waals surface area contributed by atoms with Gasteiger partial charge in [-0.3, -0.25) is 19.5 Å². The lowest BCUT2D eigenvalue weighted by Crippen LogP contribution is -2.61. The molecule has 0 unspecified atom stereocenters. The highest BCUT2D eigenvalue weighted by Crippen LogP contribution is 2.32. The van der Waals surface area contributed by atoms with Crippen molar-refractivity contribution < 1.29 is 31.1 Å². The molecule has 1 saturated heterocycles. The van der Waals surface area contributed by atoms with Crippen molar-refractivity contribution in [3.05, 3.63) is 62.8 Å². The van der Waals surface area contributed by atoms with Gasteiger partial charge < -0.3 is 10.2 Å². The molecule has 2 aliphatic rings. The maximum atomic E-state index is 13.1. The maximum absolute atomic E-state index is 13.1. The van der Waals surface area contributed by atoms with Crippen LogP contribution in [0.1, 0.15) is 32.9 Å². The number of anilines is 1. The Morgan fingerprint density at radius 1 is 1.13 bits per heavy atom. The lowest BCUT2D eigenvalue weighted by atomic mass is 10.0. The smallest absolute Gasteiger partial charge is 0.350 e. The Kier molecular flexibility index (Phi) is 6.28. The minimum absolute atomic E-state index is 0.0286. The van der Waals surface area contributed by atoms with Gasteiger partial charge in [0.15, 0.2) is 11.5 Å². The van der Waals surface area contributed by atoms with E-state index in [9.17, 15) is 35.9 Å². The molecule has 0 spiro atoms. The number of likely N-dealkylation sites (tertiary alicyclic amines) is 1. The van der Waals surface area contributed by atoms with Crippen LogP contribution < -0.4 is 15.8 Å². The van der Waals surface area contributed by atoms with Crippen molar-refractivity contribution in [2.24, 2.45) is 0 Å². The number of aromatic nitrogens is 4. The molecule has 15 heteroatoms. The Bertz CT molecular complexity index is 1460. The summed E-state index contributed by atoms with van der Waals surface area (Å²) in [4.78, 5) is 36.4. The molecule has 5 rings (SSSR count). The highest BCUT2D eigenvalue weighted by molar-refractivity contribution is 5.93. The van der Waals surface area contributed by atoms with E-state index in [-0.39, 0.29) is 31.0 Å². The monoisotopic (exact) mass is 541 g/mol. The van der Waals surface area contributed by atoms with Gasteiger partial charge in [0.05, 0.1) is 18.2 Å². The summed E-state index contributed by atoms with van der Waals surface area (Å²) in [6, 6.07) is 3.08. The number of carbonyl (C=O) groups excluding carboxylic acids is 1. The molecule has 3 aromatic heterocycles. The lowest BCUT2D eigenvalue weighted by Gasteiger charge is -2.39. The van der Waals surface area contributed by atoms with E-state index in [2.05, 4.69) is 20.4 Å². The molecule has 0 saturated carbocycles. The van der Waals surface area contributed by atoms with E-state index in [1.165, 1.54) is 6.07 Å². The second-order valence-electron chi connectivity index (χ2n) is 9.38. The first-order chi connectivity index (χ1) is 17.8. The number of amides is 1. The average Bonchev–Trinajstić information content (AvgIpc) is 2.80. The number of rotatable bonds is 4. The molecule has 0 atom stereocenters. The predicted molar refractivity (Wildman–Crippen MR) is 122 cm³/mol. The fraction of sp³-hybridized carbons (Fsp3) is 0.435. The Morgan fingerprint density at radius 3 is 2.55 bits per heavy atom. The van der Waals surface area contributed by atoms with Crippen LogP contribution in [0, 0.1) is 6.92 Å². The van der Waals surface area contributed by atoms with Crippen molar-refractivity contribution in [1.29, 1.82) is 0 Å². The second-order valence-corrected chi connectivity index (χ2v) is 9.38. The molecule has 3 aromatic rings. The number of hydrogen-bond acceptors (Lipinski definition) is 7. The van der Waals surface area contributed by atoms with Crippen molar-refractivity contribution in [2.75, 3.05) is 31.1 Å². The molecule has 9 nitrogen and oxygen atoms in total. The van der Waals surface area contributed by atoms with Crippen molar-refractivity contribution in [3.8, 4) is 0 Å². The number of hydrogen-bond donors (Lipinski definition) is 1.